The zero-order valence-electron chi connectivity index (χ0n) is 6.78. The molecule has 0 fully saturated rings. The van der Waals surface area contributed by atoms with Gasteiger partial charge in [0.25, 0.3) is 5.76 Å². The van der Waals surface area contributed by atoms with E-state index in [9.17, 15) is 4.79 Å². The average molecular weight is 184 g/mol. The van der Waals surface area contributed by atoms with Crippen LogP contribution in [-0.2, 0) is 0 Å². The lowest BCUT2D eigenvalue weighted by molar-refractivity contribution is 0.0656. The predicted molar refractivity (Wildman–Crippen MR) is 41.3 cm³/mol. The molecule has 0 spiro atoms. The molecular formula is C8H8O5. The second-order valence-electron chi connectivity index (χ2n) is 2.61. The van der Waals surface area contributed by atoms with Crippen LogP contribution in [0.1, 0.15) is 17.0 Å². The van der Waals surface area contributed by atoms with Crippen LogP contribution in [0.3, 0.4) is 0 Å². The Balaban J connectivity index is 2.39. The molecule has 1 N–H and O–H groups in total. The largest absolute Gasteiger partial charge is 0.487 e. The third-order valence-electron chi connectivity index (χ3n) is 1.70. The van der Waals surface area contributed by atoms with Gasteiger partial charge >= 0.3 is 5.97 Å². The number of hydrogen-bond acceptors (Lipinski definition) is 4. The summed E-state index contributed by atoms with van der Waals surface area (Å²) in [5.41, 5.74) is 0. The summed E-state index contributed by atoms with van der Waals surface area (Å²) in [7, 11) is 0. The van der Waals surface area contributed by atoms with E-state index in [0.29, 0.717) is 19.0 Å². The van der Waals surface area contributed by atoms with E-state index in [1.165, 1.54) is 6.26 Å². The van der Waals surface area contributed by atoms with Crippen molar-refractivity contribution in [1.82, 2.24) is 0 Å². The van der Waals surface area contributed by atoms with Gasteiger partial charge in [0.15, 0.2) is 0 Å². The fraction of sp³-hybridized carbons (Fsp3) is 0.375. The molecule has 1 aliphatic rings. The van der Waals surface area contributed by atoms with Crippen molar-refractivity contribution in [2.75, 3.05) is 13.2 Å². The average Bonchev–Trinajstić information content (AvgIpc) is 2.36. The monoisotopic (exact) mass is 184 g/mol. The topological polar surface area (TPSA) is 68.9 Å². The van der Waals surface area contributed by atoms with Gasteiger partial charge in [-0.2, -0.15) is 0 Å². The normalized spacial score (nSPS) is 15.1. The van der Waals surface area contributed by atoms with Crippen molar-refractivity contribution < 1.29 is 23.8 Å². The number of carbonyl (C=O) groups is 1. The number of hydrogen-bond donors (Lipinski definition) is 1. The van der Waals surface area contributed by atoms with Gasteiger partial charge in [-0.15, -0.1) is 0 Å². The molecule has 0 saturated heterocycles. The Kier molecular flexibility index (Phi) is 1.84. The van der Waals surface area contributed by atoms with Crippen LogP contribution in [0.15, 0.2) is 10.7 Å². The quantitative estimate of drug-likeness (QED) is 0.708. The highest BCUT2D eigenvalue weighted by Crippen LogP contribution is 2.35. The Labute approximate surface area is 73.9 Å². The summed E-state index contributed by atoms with van der Waals surface area (Å²) in [5, 5.41) is 8.69. The van der Waals surface area contributed by atoms with Crippen LogP contribution in [0.5, 0.6) is 11.5 Å². The molecule has 0 amide bonds. The van der Waals surface area contributed by atoms with Gasteiger partial charge in [0, 0.05) is 6.42 Å². The van der Waals surface area contributed by atoms with E-state index in [4.69, 9.17) is 19.0 Å². The first-order valence-corrected chi connectivity index (χ1v) is 3.89. The van der Waals surface area contributed by atoms with Crippen molar-refractivity contribution in [1.29, 1.82) is 0 Å². The number of ether oxygens (including phenoxy) is 2. The minimum atomic E-state index is -1.15. The minimum absolute atomic E-state index is 0.197. The SMILES string of the molecule is O=C(O)c1occ2c1OCCCO2. The van der Waals surface area contributed by atoms with E-state index < -0.39 is 5.97 Å². The maximum Gasteiger partial charge on any atom is 0.375 e. The lowest BCUT2D eigenvalue weighted by Crippen LogP contribution is -2.01. The summed E-state index contributed by atoms with van der Waals surface area (Å²) in [4.78, 5) is 10.6. The Hall–Kier alpha value is -1.65. The van der Waals surface area contributed by atoms with E-state index in [2.05, 4.69) is 0 Å². The fourth-order valence-corrected chi connectivity index (χ4v) is 1.13. The van der Waals surface area contributed by atoms with Gasteiger partial charge in [-0.3, -0.25) is 0 Å². The van der Waals surface area contributed by atoms with Gasteiger partial charge in [0.2, 0.25) is 11.5 Å². The summed E-state index contributed by atoms with van der Waals surface area (Å²) < 4.78 is 15.2. The van der Waals surface area contributed by atoms with Crippen molar-refractivity contribution in [3.05, 3.63) is 12.0 Å². The van der Waals surface area contributed by atoms with Crippen LogP contribution in [0.4, 0.5) is 0 Å². The first-order valence-electron chi connectivity index (χ1n) is 3.89. The Bertz CT molecular complexity index is 327. The number of furan rings is 1. The van der Waals surface area contributed by atoms with Crippen LogP contribution < -0.4 is 9.47 Å². The zero-order chi connectivity index (χ0) is 9.26. The van der Waals surface area contributed by atoms with Crippen molar-refractivity contribution in [3.8, 4) is 11.5 Å². The zero-order valence-corrected chi connectivity index (χ0v) is 6.78. The van der Waals surface area contributed by atoms with Gasteiger partial charge in [0.05, 0.1) is 13.2 Å². The summed E-state index contributed by atoms with van der Waals surface area (Å²) in [5.74, 6) is -0.774. The predicted octanol–water partition coefficient (Wildman–Crippen LogP) is 1.14. The maximum absolute atomic E-state index is 10.6. The van der Waals surface area contributed by atoms with Gasteiger partial charge in [-0.05, 0) is 0 Å². The summed E-state index contributed by atoms with van der Waals surface area (Å²) in [6, 6.07) is 0. The highest BCUT2D eigenvalue weighted by atomic mass is 16.5. The molecule has 5 heteroatoms. The number of fused-ring (bicyclic) bond motifs is 1. The molecule has 2 heterocycles. The third kappa shape index (κ3) is 1.32. The Morgan fingerprint density at radius 1 is 1.38 bits per heavy atom. The van der Waals surface area contributed by atoms with Crippen molar-refractivity contribution in [3.63, 3.8) is 0 Å². The molecule has 2 rings (SSSR count). The second kappa shape index (κ2) is 3.01. The Morgan fingerprint density at radius 2 is 2.15 bits per heavy atom. The molecule has 0 unspecified atom stereocenters. The highest BCUT2D eigenvalue weighted by Gasteiger charge is 2.23. The van der Waals surface area contributed by atoms with Gasteiger partial charge in [-0.1, -0.05) is 0 Å². The third-order valence-corrected chi connectivity index (χ3v) is 1.70. The molecule has 0 radical (unpaired) electrons. The molecule has 0 aliphatic carbocycles. The number of rotatable bonds is 1. The molecule has 0 bridgehead atoms. The molecule has 70 valence electrons. The first-order chi connectivity index (χ1) is 6.29. The Morgan fingerprint density at radius 3 is 2.92 bits per heavy atom. The van der Waals surface area contributed by atoms with E-state index in [-0.39, 0.29) is 11.5 Å². The smallest absolute Gasteiger partial charge is 0.375 e. The fourth-order valence-electron chi connectivity index (χ4n) is 1.13. The summed E-state index contributed by atoms with van der Waals surface area (Å²) >= 11 is 0. The van der Waals surface area contributed by atoms with Crippen molar-refractivity contribution >= 4 is 5.97 Å². The standard InChI is InChI=1S/C8H8O5/c9-8(10)7-6-5(4-13-7)11-2-1-3-12-6/h4H,1-3H2,(H,9,10). The molecule has 1 aliphatic heterocycles. The lowest BCUT2D eigenvalue weighted by atomic mass is 10.4. The molecular weight excluding hydrogens is 176 g/mol. The van der Waals surface area contributed by atoms with E-state index in [0.717, 1.165) is 6.42 Å². The van der Waals surface area contributed by atoms with Crippen LogP contribution in [-0.4, -0.2) is 24.3 Å². The molecule has 0 aromatic carbocycles. The molecule has 13 heavy (non-hydrogen) atoms. The highest BCUT2D eigenvalue weighted by molar-refractivity contribution is 5.88. The van der Waals surface area contributed by atoms with Crippen molar-refractivity contribution in [2.45, 2.75) is 6.42 Å². The van der Waals surface area contributed by atoms with Crippen LogP contribution in [0.25, 0.3) is 0 Å². The summed E-state index contributed by atoms with van der Waals surface area (Å²) in [6.07, 6.45) is 2.00. The van der Waals surface area contributed by atoms with E-state index in [1.807, 2.05) is 0 Å². The molecule has 1 aromatic heterocycles. The lowest BCUT2D eigenvalue weighted by Gasteiger charge is -1.99. The van der Waals surface area contributed by atoms with Gasteiger partial charge < -0.3 is 19.0 Å². The van der Waals surface area contributed by atoms with Crippen LogP contribution in [0, 0.1) is 0 Å². The molecule has 0 atom stereocenters. The molecule has 0 saturated carbocycles. The number of aromatic carboxylic acids is 1. The number of carboxylic acid groups (broad SMARTS) is 1. The van der Waals surface area contributed by atoms with Crippen LogP contribution >= 0.6 is 0 Å². The second-order valence-corrected chi connectivity index (χ2v) is 2.61. The summed E-state index contributed by atoms with van der Waals surface area (Å²) in [6.45, 7) is 0.971. The number of carboxylic acids is 1. The maximum atomic E-state index is 10.6. The van der Waals surface area contributed by atoms with Crippen LogP contribution in [0.2, 0.25) is 0 Å². The van der Waals surface area contributed by atoms with Gasteiger partial charge in [-0.25, -0.2) is 4.79 Å². The van der Waals surface area contributed by atoms with Gasteiger partial charge in [0.1, 0.15) is 6.26 Å². The minimum Gasteiger partial charge on any atom is -0.487 e. The van der Waals surface area contributed by atoms with E-state index in [1.54, 1.807) is 0 Å². The van der Waals surface area contributed by atoms with Crippen molar-refractivity contribution in [2.24, 2.45) is 0 Å². The first kappa shape index (κ1) is 7.97. The molecule has 5 nitrogen and oxygen atoms in total. The molecule has 1 aromatic rings. The van der Waals surface area contributed by atoms with E-state index >= 15 is 0 Å².